The summed E-state index contributed by atoms with van der Waals surface area (Å²) in [6.45, 7) is 1.33. The Morgan fingerprint density at radius 2 is 1.77 bits per heavy atom. The number of hydrogen-bond donors (Lipinski definition) is 1. The summed E-state index contributed by atoms with van der Waals surface area (Å²) < 4.78 is 67.0. The highest BCUT2D eigenvalue weighted by atomic mass is 32.2. The van der Waals surface area contributed by atoms with Crippen molar-refractivity contribution < 1.29 is 26.4 Å². The summed E-state index contributed by atoms with van der Waals surface area (Å²) in [5.41, 5.74) is 0.879. The van der Waals surface area contributed by atoms with E-state index in [2.05, 4.69) is 4.72 Å². The van der Waals surface area contributed by atoms with Crippen molar-refractivity contribution in [3.8, 4) is 0 Å². The van der Waals surface area contributed by atoms with Gasteiger partial charge in [-0.2, -0.15) is 17.9 Å². The maximum Gasteiger partial charge on any atom is 0.417 e. The molecule has 0 radical (unpaired) electrons. The summed E-state index contributed by atoms with van der Waals surface area (Å²) in [6.07, 6.45) is -2.31. The van der Waals surface area contributed by atoms with Crippen molar-refractivity contribution in [1.82, 2.24) is 9.62 Å². The molecule has 0 bridgehead atoms. The molecule has 0 saturated carbocycles. The summed E-state index contributed by atoms with van der Waals surface area (Å²) in [5.74, 6) is -0.509. The van der Waals surface area contributed by atoms with Crippen LogP contribution in [0.2, 0.25) is 0 Å². The molecule has 0 aromatic heterocycles. The summed E-state index contributed by atoms with van der Waals surface area (Å²) in [4.78, 5) is 13.5. The first-order valence-corrected chi connectivity index (χ1v) is 11.0. The minimum atomic E-state index is -4.83. The van der Waals surface area contributed by atoms with E-state index in [4.69, 9.17) is 0 Å². The lowest BCUT2D eigenvalue weighted by atomic mass is 9.87. The van der Waals surface area contributed by atoms with Crippen molar-refractivity contribution >= 4 is 15.9 Å². The van der Waals surface area contributed by atoms with Gasteiger partial charge in [0.25, 0.3) is 0 Å². The molecule has 9 heteroatoms. The van der Waals surface area contributed by atoms with Crippen LogP contribution in [0.15, 0.2) is 53.4 Å². The van der Waals surface area contributed by atoms with E-state index in [1.165, 1.54) is 17.9 Å². The van der Waals surface area contributed by atoms with Crippen LogP contribution >= 0.6 is 0 Å². The van der Waals surface area contributed by atoms with Crippen LogP contribution in [0.5, 0.6) is 0 Å². The van der Waals surface area contributed by atoms with Crippen molar-refractivity contribution in [1.29, 1.82) is 0 Å². The monoisotopic (exact) mass is 440 g/mol. The minimum Gasteiger partial charge on any atom is -0.337 e. The number of halogens is 3. The van der Waals surface area contributed by atoms with Crippen molar-refractivity contribution in [3.05, 3.63) is 65.2 Å². The number of nitrogens with one attached hydrogen (secondary N) is 1. The van der Waals surface area contributed by atoms with E-state index < -0.39 is 38.6 Å². The molecule has 0 heterocycles. The summed E-state index contributed by atoms with van der Waals surface area (Å²) >= 11 is 0. The zero-order chi connectivity index (χ0) is 22.1. The average Bonchev–Trinajstić information content (AvgIpc) is 2.71. The molecule has 1 N–H and O–H groups in total. The molecular formula is C21H23F3N2O3S. The third-order valence-corrected chi connectivity index (χ3v) is 6.94. The number of amides is 1. The van der Waals surface area contributed by atoms with Crippen LogP contribution in [0.4, 0.5) is 13.2 Å². The molecule has 3 rings (SSSR count). The third kappa shape index (κ3) is 4.52. The molecule has 0 fully saturated rings. The predicted molar refractivity (Wildman–Crippen MR) is 106 cm³/mol. The largest absolute Gasteiger partial charge is 0.417 e. The molecule has 1 aliphatic rings. The number of fused-ring (bicyclic) bond motifs is 1. The lowest BCUT2D eigenvalue weighted by Gasteiger charge is -2.34. The molecular weight excluding hydrogens is 417 g/mol. The molecule has 0 spiro atoms. The second kappa shape index (κ2) is 8.39. The van der Waals surface area contributed by atoms with Crippen LogP contribution in [0.25, 0.3) is 0 Å². The standard InChI is InChI=1S/C21H23F3N2O3S/c1-14(25-30(28,29)19-13-6-5-11-17(19)21(22,23)24)20(27)26(2)18-12-7-9-15-8-3-4-10-16(15)18/h3-6,8,10-11,13-14,18,25H,7,9,12H2,1-2H3. The third-order valence-electron chi connectivity index (χ3n) is 5.34. The number of hydrogen-bond acceptors (Lipinski definition) is 3. The molecule has 2 aromatic carbocycles. The Balaban J connectivity index is 1.81. The Labute approximate surface area is 173 Å². The summed E-state index contributed by atoms with van der Waals surface area (Å²) in [6, 6.07) is 10.2. The van der Waals surface area contributed by atoms with Gasteiger partial charge in [0.1, 0.15) is 0 Å². The van der Waals surface area contributed by atoms with Crippen LogP contribution < -0.4 is 4.72 Å². The lowest BCUT2D eigenvalue weighted by molar-refractivity contribution is -0.139. The molecule has 1 aliphatic carbocycles. The zero-order valence-corrected chi connectivity index (χ0v) is 17.4. The Morgan fingerprint density at radius 1 is 1.13 bits per heavy atom. The van der Waals surface area contributed by atoms with E-state index in [1.54, 1.807) is 7.05 Å². The molecule has 1 amide bonds. The van der Waals surface area contributed by atoms with Gasteiger partial charge in [0.2, 0.25) is 15.9 Å². The van der Waals surface area contributed by atoms with E-state index >= 15 is 0 Å². The first kappa shape index (κ1) is 22.3. The summed E-state index contributed by atoms with van der Waals surface area (Å²) in [7, 11) is -2.97. The predicted octanol–water partition coefficient (Wildman–Crippen LogP) is 3.91. The Bertz CT molecular complexity index is 1040. The van der Waals surface area contributed by atoms with Gasteiger partial charge in [0.15, 0.2) is 0 Å². The lowest BCUT2D eigenvalue weighted by Crippen LogP contribution is -2.47. The highest BCUT2D eigenvalue weighted by Crippen LogP contribution is 2.35. The zero-order valence-electron chi connectivity index (χ0n) is 16.6. The average molecular weight is 440 g/mol. The number of nitrogens with zero attached hydrogens (tertiary/aromatic N) is 1. The van der Waals surface area contributed by atoms with Crippen molar-refractivity contribution in [2.45, 2.75) is 49.3 Å². The van der Waals surface area contributed by atoms with E-state index in [0.717, 1.165) is 42.5 Å². The number of carbonyl (C=O) groups excluding carboxylic acids is 1. The Kier molecular flexibility index (Phi) is 6.24. The van der Waals surface area contributed by atoms with Gasteiger partial charge in [0, 0.05) is 7.05 Å². The molecule has 30 heavy (non-hydrogen) atoms. The smallest absolute Gasteiger partial charge is 0.337 e. The molecule has 2 aromatic rings. The van der Waals surface area contributed by atoms with E-state index in [-0.39, 0.29) is 6.04 Å². The fraction of sp³-hybridized carbons (Fsp3) is 0.381. The number of aryl methyl sites for hydroxylation is 1. The normalized spacial score (nSPS) is 17.8. The van der Waals surface area contributed by atoms with E-state index in [9.17, 15) is 26.4 Å². The van der Waals surface area contributed by atoms with Gasteiger partial charge in [-0.05, 0) is 49.4 Å². The second-order valence-corrected chi connectivity index (χ2v) is 9.08. The molecule has 2 unspecified atom stereocenters. The molecule has 5 nitrogen and oxygen atoms in total. The maximum absolute atomic E-state index is 13.2. The van der Waals surface area contributed by atoms with Gasteiger partial charge in [-0.15, -0.1) is 0 Å². The maximum atomic E-state index is 13.2. The molecule has 0 saturated heterocycles. The second-order valence-electron chi connectivity index (χ2n) is 7.39. The van der Waals surface area contributed by atoms with E-state index in [1.807, 2.05) is 24.3 Å². The Hall–Kier alpha value is -2.39. The van der Waals surface area contributed by atoms with Crippen molar-refractivity contribution in [2.75, 3.05) is 7.05 Å². The SMILES string of the molecule is CC(NS(=O)(=O)c1ccccc1C(F)(F)F)C(=O)N(C)C1CCCc2ccccc21. The highest BCUT2D eigenvalue weighted by Gasteiger charge is 2.38. The van der Waals surface area contributed by atoms with Gasteiger partial charge in [0.05, 0.1) is 22.5 Å². The van der Waals surface area contributed by atoms with Gasteiger partial charge < -0.3 is 4.90 Å². The van der Waals surface area contributed by atoms with Crippen LogP contribution in [0.1, 0.15) is 42.5 Å². The van der Waals surface area contributed by atoms with Crippen molar-refractivity contribution in [2.24, 2.45) is 0 Å². The fourth-order valence-electron chi connectivity index (χ4n) is 3.87. The first-order valence-electron chi connectivity index (χ1n) is 9.55. The van der Waals surface area contributed by atoms with E-state index in [0.29, 0.717) is 6.07 Å². The van der Waals surface area contributed by atoms with Crippen LogP contribution in [0.3, 0.4) is 0 Å². The van der Waals surface area contributed by atoms with Gasteiger partial charge >= 0.3 is 6.18 Å². The summed E-state index contributed by atoms with van der Waals surface area (Å²) in [5, 5.41) is 0. The molecule has 2 atom stereocenters. The molecule has 162 valence electrons. The quantitative estimate of drug-likeness (QED) is 0.767. The van der Waals surface area contributed by atoms with Crippen molar-refractivity contribution in [3.63, 3.8) is 0 Å². The molecule has 0 aliphatic heterocycles. The number of rotatable bonds is 5. The fourth-order valence-corrected chi connectivity index (χ4v) is 5.30. The number of likely N-dealkylation sites (N-methyl/N-ethyl adjacent to an activating group) is 1. The van der Waals surface area contributed by atoms with Gasteiger partial charge in [-0.25, -0.2) is 8.42 Å². The minimum absolute atomic E-state index is 0.211. The van der Waals surface area contributed by atoms with Gasteiger partial charge in [-0.3, -0.25) is 4.79 Å². The number of carbonyl (C=O) groups is 1. The van der Waals surface area contributed by atoms with Gasteiger partial charge in [-0.1, -0.05) is 36.4 Å². The van der Waals surface area contributed by atoms with Crippen LogP contribution in [0, 0.1) is 0 Å². The van der Waals surface area contributed by atoms with Crippen LogP contribution in [-0.2, 0) is 27.4 Å². The number of benzene rings is 2. The Morgan fingerprint density at radius 3 is 2.47 bits per heavy atom. The topological polar surface area (TPSA) is 66.5 Å². The first-order chi connectivity index (χ1) is 14.0. The highest BCUT2D eigenvalue weighted by molar-refractivity contribution is 7.89. The van der Waals surface area contributed by atoms with Crippen LogP contribution in [-0.4, -0.2) is 32.3 Å². The number of alkyl halides is 3. The number of sulfonamides is 1.